The van der Waals surface area contributed by atoms with Crippen molar-refractivity contribution in [1.82, 2.24) is 19.5 Å². The summed E-state index contributed by atoms with van der Waals surface area (Å²) in [6, 6.07) is 13.1. The van der Waals surface area contributed by atoms with Crippen LogP contribution in [0, 0.1) is 0 Å². The normalized spacial score (nSPS) is 11.5. The second-order valence-corrected chi connectivity index (χ2v) is 9.50. The fourth-order valence-electron chi connectivity index (χ4n) is 3.34. The van der Waals surface area contributed by atoms with Crippen molar-refractivity contribution in [2.24, 2.45) is 0 Å². The number of benzene rings is 1. The Morgan fingerprint density at radius 2 is 1.85 bits per heavy atom. The fourth-order valence-corrected chi connectivity index (χ4v) is 3.82. The maximum Gasteiger partial charge on any atom is 0.233 e. The molecule has 0 aliphatic carbocycles. The second kappa shape index (κ2) is 9.43. The van der Waals surface area contributed by atoms with E-state index in [9.17, 15) is 8.42 Å². The molecule has 10 nitrogen and oxygen atoms in total. The van der Waals surface area contributed by atoms with Crippen molar-refractivity contribution in [3.8, 4) is 0 Å². The highest BCUT2D eigenvalue weighted by atomic mass is 32.2. The van der Waals surface area contributed by atoms with Crippen molar-refractivity contribution in [1.29, 1.82) is 0 Å². The monoisotopic (exact) mass is 467 g/mol. The van der Waals surface area contributed by atoms with Crippen LogP contribution in [0.4, 0.5) is 23.1 Å². The number of rotatable bonds is 9. The first kappa shape index (κ1) is 22.5. The first-order chi connectivity index (χ1) is 15.8. The predicted molar refractivity (Wildman–Crippen MR) is 129 cm³/mol. The van der Waals surface area contributed by atoms with Crippen LogP contribution in [0.3, 0.4) is 0 Å². The molecule has 3 aromatic heterocycles. The molecule has 4 aromatic rings. The lowest BCUT2D eigenvalue weighted by atomic mass is 10.2. The maximum atomic E-state index is 12.0. The van der Waals surface area contributed by atoms with E-state index in [1.54, 1.807) is 18.5 Å². The van der Waals surface area contributed by atoms with E-state index in [0.29, 0.717) is 30.5 Å². The average molecular weight is 468 g/mol. The molecule has 0 amide bonds. The number of hydrogen-bond donors (Lipinski definition) is 3. The number of sulfonamides is 1. The number of aliphatic hydroxyl groups is 1. The molecule has 11 heteroatoms. The van der Waals surface area contributed by atoms with Gasteiger partial charge >= 0.3 is 0 Å². The van der Waals surface area contributed by atoms with Crippen molar-refractivity contribution < 1.29 is 13.5 Å². The Labute approximate surface area is 192 Å². The van der Waals surface area contributed by atoms with Crippen LogP contribution in [-0.4, -0.2) is 59.5 Å². The highest BCUT2D eigenvalue weighted by Gasteiger charge is 2.18. The molecular weight excluding hydrogens is 442 g/mol. The van der Waals surface area contributed by atoms with E-state index in [-0.39, 0.29) is 6.61 Å². The van der Waals surface area contributed by atoms with Crippen molar-refractivity contribution in [3.63, 3.8) is 0 Å². The van der Waals surface area contributed by atoms with Gasteiger partial charge in [0.1, 0.15) is 11.5 Å². The molecule has 0 radical (unpaired) electrons. The molecule has 0 aliphatic rings. The molecule has 0 saturated carbocycles. The number of aliphatic hydroxyl groups excluding tert-OH is 1. The van der Waals surface area contributed by atoms with Gasteiger partial charge in [-0.2, -0.15) is 4.98 Å². The summed E-state index contributed by atoms with van der Waals surface area (Å²) < 4.78 is 27.2. The summed E-state index contributed by atoms with van der Waals surface area (Å²) in [5.41, 5.74) is 3.20. The van der Waals surface area contributed by atoms with Gasteiger partial charge in [-0.15, -0.1) is 0 Å². The summed E-state index contributed by atoms with van der Waals surface area (Å²) in [7, 11) is -1.95. The van der Waals surface area contributed by atoms with E-state index in [4.69, 9.17) is 5.11 Å². The van der Waals surface area contributed by atoms with Crippen LogP contribution in [0.5, 0.6) is 0 Å². The Balaban J connectivity index is 1.58. The third-order valence-corrected chi connectivity index (χ3v) is 6.26. The lowest BCUT2D eigenvalue weighted by Gasteiger charge is -2.19. The molecule has 0 saturated heterocycles. The predicted octanol–water partition coefficient (Wildman–Crippen LogP) is 2.42. The minimum Gasteiger partial charge on any atom is -0.395 e. The van der Waals surface area contributed by atoms with E-state index < -0.39 is 10.0 Å². The lowest BCUT2D eigenvalue weighted by Crippen LogP contribution is -2.27. The molecule has 0 unspecified atom stereocenters. The molecule has 4 rings (SSSR count). The number of anilines is 4. The fraction of sp³-hybridized carbons (Fsp3) is 0.227. The Morgan fingerprint density at radius 1 is 1.09 bits per heavy atom. The van der Waals surface area contributed by atoms with Crippen LogP contribution in [0.15, 0.2) is 61.1 Å². The average Bonchev–Trinajstić information content (AvgIpc) is 3.20. The second-order valence-electron chi connectivity index (χ2n) is 7.49. The molecule has 3 heterocycles. The maximum absolute atomic E-state index is 12.0. The molecule has 172 valence electrons. The van der Waals surface area contributed by atoms with Crippen molar-refractivity contribution in [2.75, 3.05) is 41.4 Å². The smallest absolute Gasteiger partial charge is 0.233 e. The van der Waals surface area contributed by atoms with Crippen molar-refractivity contribution in [2.45, 2.75) is 6.54 Å². The SMILES string of the molecule is CN(c1ncccc1Cn1ccc2cnc(Nc3ccc(NCCO)cc3)nc21)S(C)(=O)=O. The Kier molecular flexibility index (Phi) is 6.43. The zero-order valence-corrected chi connectivity index (χ0v) is 19.1. The van der Waals surface area contributed by atoms with Gasteiger partial charge in [0, 0.05) is 54.5 Å². The molecule has 0 fully saturated rings. The molecular formula is C22H25N7O3S. The van der Waals surface area contributed by atoms with E-state index in [1.807, 2.05) is 47.2 Å². The van der Waals surface area contributed by atoms with Gasteiger partial charge in [0.25, 0.3) is 0 Å². The van der Waals surface area contributed by atoms with Gasteiger partial charge in [0.05, 0.1) is 19.4 Å². The van der Waals surface area contributed by atoms with Crippen molar-refractivity contribution in [3.05, 3.63) is 66.6 Å². The number of hydrogen-bond acceptors (Lipinski definition) is 8. The van der Waals surface area contributed by atoms with Crippen LogP contribution in [0.25, 0.3) is 11.0 Å². The Morgan fingerprint density at radius 3 is 2.58 bits per heavy atom. The standard InChI is InChI=1S/C22H25N7O3S/c1-28(33(2,31)32)20-17(4-3-10-24-20)15-29-12-9-16-14-25-22(27-21(16)29)26-19-7-5-18(6-8-19)23-11-13-30/h3-10,12,14,23,30H,11,13,15H2,1-2H3,(H,25,26,27). The van der Waals surface area contributed by atoms with Gasteiger partial charge in [-0.05, 0) is 36.4 Å². The van der Waals surface area contributed by atoms with E-state index in [1.165, 1.54) is 11.4 Å². The Hall–Kier alpha value is -3.70. The minimum atomic E-state index is -3.44. The first-order valence-electron chi connectivity index (χ1n) is 10.3. The number of fused-ring (bicyclic) bond motifs is 1. The number of nitrogens with zero attached hydrogens (tertiary/aromatic N) is 5. The zero-order chi connectivity index (χ0) is 23.4. The van der Waals surface area contributed by atoms with Gasteiger partial charge in [-0.3, -0.25) is 4.31 Å². The van der Waals surface area contributed by atoms with Gasteiger partial charge in [0.2, 0.25) is 16.0 Å². The molecule has 0 bridgehead atoms. The molecule has 33 heavy (non-hydrogen) atoms. The van der Waals surface area contributed by atoms with Crippen molar-refractivity contribution >= 4 is 44.2 Å². The minimum absolute atomic E-state index is 0.0680. The summed E-state index contributed by atoms with van der Waals surface area (Å²) in [5.74, 6) is 0.822. The van der Waals surface area contributed by atoms with E-state index in [2.05, 4.69) is 25.6 Å². The van der Waals surface area contributed by atoms with Gasteiger partial charge in [-0.1, -0.05) is 6.07 Å². The third kappa shape index (κ3) is 5.21. The zero-order valence-electron chi connectivity index (χ0n) is 18.3. The Bertz CT molecular complexity index is 1350. The van der Waals surface area contributed by atoms with Crippen LogP contribution in [0.2, 0.25) is 0 Å². The van der Waals surface area contributed by atoms with Crippen LogP contribution in [0.1, 0.15) is 5.56 Å². The largest absolute Gasteiger partial charge is 0.395 e. The van der Waals surface area contributed by atoms with Gasteiger partial charge < -0.3 is 20.3 Å². The number of pyridine rings is 1. The lowest BCUT2D eigenvalue weighted by molar-refractivity contribution is 0.311. The summed E-state index contributed by atoms with van der Waals surface area (Å²) in [6.07, 6.45) is 6.35. The van der Waals surface area contributed by atoms with E-state index in [0.717, 1.165) is 28.6 Å². The quantitative estimate of drug-likeness (QED) is 0.343. The first-order valence-corrected chi connectivity index (χ1v) is 12.1. The third-order valence-electron chi connectivity index (χ3n) is 5.09. The number of aromatic nitrogens is 4. The summed E-state index contributed by atoms with van der Waals surface area (Å²) >= 11 is 0. The molecule has 0 aliphatic heterocycles. The van der Waals surface area contributed by atoms with Gasteiger partial charge in [-0.25, -0.2) is 18.4 Å². The van der Waals surface area contributed by atoms with E-state index >= 15 is 0 Å². The summed E-state index contributed by atoms with van der Waals surface area (Å²) in [4.78, 5) is 13.3. The topological polar surface area (TPSA) is 125 Å². The van der Waals surface area contributed by atoms with Crippen LogP contribution in [-0.2, 0) is 16.6 Å². The highest BCUT2D eigenvalue weighted by molar-refractivity contribution is 7.92. The highest BCUT2D eigenvalue weighted by Crippen LogP contribution is 2.23. The summed E-state index contributed by atoms with van der Waals surface area (Å²) in [6.45, 7) is 0.953. The van der Waals surface area contributed by atoms with Crippen LogP contribution >= 0.6 is 0 Å². The van der Waals surface area contributed by atoms with Crippen LogP contribution < -0.4 is 14.9 Å². The molecule has 0 spiro atoms. The molecule has 1 aromatic carbocycles. The van der Waals surface area contributed by atoms with Gasteiger partial charge in [0.15, 0.2) is 0 Å². The molecule has 3 N–H and O–H groups in total. The number of nitrogens with one attached hydrogen (secondary N) is 2. The summed E-state index contributed by atoms with van der Waals surface area (Å²) in [5, 5.41) is 16.1. The molecule has 0 atom stereocenters.